The molecule has 0 radical (unpaired) electrons. The highest BCUT2D eigenvalue weighted by Crippen LogP contribution is 2.28. The smallest absolute Gasteiger partial charge is 0.203 e. The van der Waals surface area contributed by atoms with Crippen LogP contribution in [0.1, 0.15) is 12.5 Å². The number of hydrogen-bond donors (Lipinski definition) is 2. The van der Waals surface area contributed by atoms with Crippen molar-refractivity contribution in [1.29, 1.82) is 0 Å². The maximum absolute atomic E-state index is 9.86. The van der Waals surface area contributed by atoms with E-state index in [4.69, 9.17) is 21.1 Å². The molecule has 148 valence electrons. The highest BCUT2D eigenvalue weighted by molar-refractivity contribution is 6.30. The number of aromatic nitrogens is 2. The highest BCUT2D eigenvalue weighted by Gasteiger charge is 2.12. The average molecular weight is 402 g/mol. The van der Waals surface area contributed by atoms with Crippen LogP contribution >= 0.6 is 11.6 Å². The molecule has 0 unspecified atom stereocenters. The van der Waals surface area contributed by atoms with Crippen molar-refractivity contribution >= 4 is 17.5 Å². The van der Waals surface area contributed by atoms with Gasteiger partial charge in [0.2, 0.25) is 5.95 Å². The van der Waals surface area contributed by atoms with E-state index in [0.29, 0.717) is 37.1 Å². The van der Waals surface area contributed by atoms with Crippen LogP contribution < -0.4 is 10.1 Å². The summed E-state index contributed by atoms with van der Waals surface area (Å²) in [5.74, 6) is 1.36. The van der Waals surface area contributed by atoms with Crippen molar-refractivity contribution in [3.63, 3.8) is 0 Å². The Kier molecular flexibility index (Phi) is 6.79. The topological polar surface area (TPSA) is 68.5 Å². The minimum Gasteiger partial charge on any atom is -0.504 e. The number of hydrogen-bond acceptors (Lipinski definition) is 5. The number of rotatable bonds is 9. The zero-order valence-electron chi connectivity index (χ0n) is 16.0. The molecule has 2 N–H and O–H groups in total. The van der Waals surface area contributed by atoms with Crippen molar-refractivity contribution in [3.05, 3.63) is 59.2 Å². The SMILES string of the molecule is CCOc1cc(CNc2ncc(-c3ccc(Cl)cc3)n2CCOC)ccc1O. The van der Waals surface area contributed by atoms with Crippen LogP contribution in [0.25, 0.3) is 11.3 Å². The zero-order chi connectivity index (χ0) is 19.9. The molecular weight excluding hydrogens is 378 g/mol. The number of nitrogens with one attached hydrogen (secondary N) is 1. The third-order valence-electron chi connectivity index (χ3n) is 4.29. The molecule has 1 heterocycles. The van der Waals surface area contributed by atoms with E-state index in [0.717, 1.165) is 22.8 Å². The van der Waals surface area contributed by atoms with Crippen molar-refractivity contribution in [1.82, 2.24) is 9.55 Å². The molecule has 7 heteroatoms. The summed E-state index contributed by atoms with van der Waals surface area (Å²) in [4.78, 5) is 4.54. The minimum absolute atomic E-state index is 0.136. The Balaban J connectivity index is 1.81. The van der Waals surface area contributed by atoms with Crippen molar-refractivity contribution in [2.24, 2.45) is 0 Å². The van der Waals surface area contributed by atoms with E-state index in [1.165, 1.54) is 0 Å². The summed E-state index contributed by atoms with van der Waals surface area (Å²) < 4.78 is 12.8. The summed E-state index contributed by atoms with van der Waals surface area (Å²) >= 11 is 6.01. The fraction of sp³-hybridized carbons (Fsp3) is 0.286. The number of ether oxygens (including phenoxy) is 2. The molecule has 0 aliphatic carbocycles. The Hall–Kier alpha value is -2.70. The van der Waals surface area contributed by atoms with Gasteiger partial charge in [-0.05, 0) is 42.3 Å². The van der Waals surface area contributed by atoms with Crippen LogP contribution in [-0.4, -0.2) is 35.0 Å². The number of aromatic hydroxyl groups is 1. The minimum atomic E-state index is 0.136. The molecule has 0 atom stereocenters. The van der Waals surface area contributed by atoms with E-state index in [9.17, 15) is 5.11 Å². The molecule has 0 amide bonds. The molecule has 0 aliphatic heterocycles. The molecular formula is C21H24ClN3O3. The number of benzene rings is 2. The van der Waals surface area contributed by atoms with E-state index in [1.54, 1.807) is 13.2 Å². The Morgan fingerprint density at radius 2 is 1.96 bits per heavy atom. The molecule has 0 aliphatic rings. The summed E-state index contributed by atoms with van der Waals surface area (Å²) in [5, 5.41) is 13.9. The van der Waals surface area contributed by atoms with Gasteiger partial charge < -0.3 is 24.5 Å². The van der Waals surface area contributed by atoms with E-state index >= 15 is 0 Å². The van der Waals surface area contributed by atoms with Crippen LogP contribution in [0, 0.1) is 0 Å². The third-order valence-corrected chi connectivity index (χ3v) is 4.54. The van der Waals surface area contributed by atoms with E-state index < -0.39 is 0 Å². The normalized spacial score (nSPS) is 10.8. The first-order valence-electron chi connectivity index (χ1n) is 9.11. The lowest BCUT2D eigenvalue weighted by Crippen LogP contribution is -2.11. The lowest BCUT2D eigenvalue weighted by Gasteiger charge is -2.14. The van der Waals surface area contributed by atoms with Crippen molar-refractivity contribution in [2.75, 3.05) is 25.6 Å². The van der Waals surface area contributed by atoms with Gasteiger partial charge in [-0.25, -0.2) is 4.98 Å². The van der Waals surface area contributed by atoms with E-state index in [1.807, 2.05) is 49.5 Å². The second-order valence-electron chi connectivity index (χ2n) is 6.21. The maximum atomic E-state index is 9.86. The van der Waals surface area contributed by atoms with E-state index in [2.05, 4.69) is 14.9 Å². The highest BCUT2D eigenvalue weighted by atomic mass is 35.5. The molecule has 0 bridgehead atoms. The van der Waals surface area contributed by atoms with Gasteiger partial charge >= 0.3 is 0 Å². The second-order valence-corrected chi connectivity index (χ2v) is 6.64. The zero-order valence-corrected chi connectivity index (χ0v) is 16.7. The van der Waals surface area contributed by atoms with Gasteiger partial charge in [-0.2, -0.15) is 0 Å². The summed E-state index contributed by atoms with van der Waals surface area (Å²) in [6.45, 7) is 4.16. The number of imidazole rings is 1. The lowest BCUT2D eigenvalue weighted by molar-refractivity contribution is 0.188. The van der Waals surface area contributed by atoms with Crippen molar-refractivity contribution in [3.8, 4) is 22.8 Å². The Morgan fingerprint density at radius 3 is 2.68 bits per heavy atom. The molecule has 28 heavy (non-hydrogen) atoms. The fourth-order valence-electron chi connectivity index (χ4n) is 2.90. The van der Waals surface area contributed by atoms with Gasteiger partial charge in [0.05, 0.1) is 25.1 Å². The van der Waals surface area contributed by atoms with Crippen molar-refractivity contribution < 1.29 is 14.6 Å². The summed E-state index contributed by atoms with van der Waals surface area (Å²) in [7, 11) is 1.68. The quantitative estimate of drug-likeness (QED) is 0.549. The number of anilines is 1. The van der Waals surface area contributed by atoms with Crippen LogP contribution in [0.3, 0.4) is 0 Å². The molecule has 6 nitrogen and oxygen atoms in total. The number of methoxy groups -OCH3 is 1. The first-order chi connectivity index (χ1) is 13.6. The molecule has 1 aromatic heterocycles. The molecule has 0 saturated heterocycles. The van der Waals surface area contributed by atoms with Gasteiger partial charge in [0.15, 0.2) is 11.5 Å². The predicted octanol–water partition coefficient (Wildman–Crippen LogP) is 4.57. The van der Waals surface area contributed by atoms with Crippen LogP contribution in [-0.2, 0) is 17.8 Å². The molecule has 0 saturated carbocycles. The number of halogens is 1. The van der Waals surface area contributed by atoms with Gasteiger partial charge in [-0.15, -0.1) is 0 Å². The first-order valence-corrected chi connectivity index (χ1v) is 9.49. The van der Waals surface area contributed by atoms with Crippen LogP contribution in [0.2, 0.25) is 5.02 Å². The summed E-state index contributed by atoms with van der Waals surface area (Å²) in [6, 6.07) is 13.0. The van der Waals surface area contributed by atoms with Gasteiger partial charge in [0.25, 0.3) is 0 Å². The monoisotopic (exact) mass is 401 g/mol. The first kappa shape index (κ1) is 20.0. The fourth-order valence-corrected chi connectivity index (χ4v) is 3.02. The average Bonchev–Trinajstić information content (AvgIpc) is 3.10. The Bertz CT molecular complexity index is 910. The van der Waals surface area contributed by atoms with Crippen LogP contribution in [0.15, 0.2) is 48.7 Å². The number of nitrogens with zero attached hydrogens (tertiary/aromatic N) is 2. The van der Waals surface area contributed by atoms with Crippen molar-refractivity contribution in [2.45, 2.75) is 20.0 Å². The van der Waals surface area contributed by atoms with Gasteiger partial charge in [0.1, 0.15) is 0 Å². The molecule has 0 spiro atoms. The molecule has 0 fully saturated rings. The number of phenolic OH excluding ortho intramolecular Hbond substituents is 1. The summed E-state index contributed by atoms with van der Waals surface area (Å²) in [6.07, 6.45) is 1.84. The lowest BCUT2D eigenvalue weighted by atomic mass is 10.2. The van der Waals surface area contributed by atoms with Crippen LogP contribution in [0.4, 0.5) is 5.95 Å². The Labute approximate surface area is 169 Å². The van der Waals surface area contributed by atoms with Gasteiger partial charge in [-0.3, -0.25) is 0 Å². The number of phenols is 1. The van der Waals surface area contributed by atoms with Gasteiger partial charge in [-0.1, -0.05) is 29.8 Å². The Morgan fingerprint density at radius 1 is 1.18 bits per heavy atom. The molecule has 2 aromatic carbocycles. The third kappa shape index (κ3) is 4.77. The largest absolute Gasteiger partial charge is 0.504 e. The van der Waals surface area contributed by atoms with E-state index in [-0.39, 0.29) is 5.75 Å². The second kappa shape index (κ2) is 9.48. The summed E-state index contributed by atoms with van der Waals surface area (Å²) in [5.41, 5.74) is 3.00. The predicted molar refractivity (Wildman–Crippen MR) is 111 cm³/mol. The standard InChI is InChI=1S/C21H24ClN3O3/c1-3-28-20-12-15(4-9-19(20)26)13-23-21-24-14-18(25(21)10-11-27-2)16-5-7-17(22)8-6-16/h4-9,12,14,26H,3,10-11,13H2,1-2H3,(H,23,24). The van der Waals surface area contributed by atoms with Gasteiger partial charge in [0, 0.05) is 25.2 Å². The van der Waals surface area contributed by atoms with Crippen LogP contribution in [0.5, 0.6) is 11.5 Å². The molecule has 3 aromatic rings. The maximum Gasteiger partial charge on any atom is 0.203 e. The molecule has 3 rings (SSSR count).